The average molecular weight is 202 g/mol. The van der Waals surface area contributed by atoms with Gasteiger partial charge in [-0.1, -0.05) is 39.5 Å². The molecule has 2 nitrogen and oxygen atoms in total. The van der Waals surface area contributed by atoms with E-state index in [2.05, 4.69) is 13.8 Å². The molecular formula is C12H26O2. The van der Waals surface area contributed by atoms with Crippen molar-refractivity contribution in [3.8, 4) is 0 Å². The summed E-state index contributed by atoms with van der Waals surface area (Å²) in [6.07, 6.45) is 5.54. The first-order valence-corrected chi connectivity index (χ1v) is 5.32. The Morgan fingerprint density at radius 2 is 0.857 bits per heavy atom. The molecule has 0 aromatic rings. The van der Waals surface area contributed by atoms with Crippen LogP contribution in [0.5, 0.6) is 0 Å². The van der Waals surface area contributed by atoms with E-state index >= 15 is 0 Å². The van der Waals surface area contributed by atoms with E-state index in [1.54, 1.807) is 0 Å². The Morgan fingerprint density at radius 3 is 0.929 bits per heavy atom. The topological polar surface area (TPSA) is 34.1 Å². The molecule has 0 radical (unpaired) electrons. The Labute approximate surface area is 89.1 Å². The zero-order chi connectivity index (χ0) is 12.0. The molecular weight excluding hydrogens is 176 g/mol. The quantitative estimate of drug-likeness (QED) is 0.653. The summed E-state index contributed by atoms with van der Waals surface area (Å²) in [7, 11) is 0. The highest BCUT2D eigenvalue weighted by molar-refractivity contribution is 5.72. The SMILES string of the molecule is CC(C)=O.CC(C)=O.CCCCCC. The molecule has 0 rings (SSSR count). The largest absolute Gasteiger partial charge is 0.300 e. The molecule has 0 aliphatic heterocycles. The van der Waals surface area contributed by atoms with E-state index in [0.717, 1.165) is 0 Å². The molecule has 0 N–H and O–H groups in total. The summed E-state index contributed by atoms with van der Waals surface area (Å²) in [6.45, 7) is 10.6. The number of hydrogen-bond acceptors (Lipinski definition) is 2. The second-order valence-electron chi connectivity index (χ2n) is 3.52. The standard InChI is InChI=1S/C6H14.2C3H6O/c1-3-5-6-4-2;2*1-3(2)4/h3-6H2,1-2H3;2*1-2H3. The second kappa shape index (κ2) is 18.2. The van der Waals surface area contributed by atoms with Gasteiger partial charge in [0.1, 0.15) is 11.6 Å². The fraction of sp³-hybridized carbons (Fsp3) is 0.833. The van der Waals surface area contributed by atoms with Gasteiger partial charge in [0, 0.05) is 0 Å². The summed E-state index contributed by atoms with van der Waals surface area (Å²) in [4.78, 5) is 18.9. The van der Waals surface area contributed by atoms with Gasteiger partial charge in [-0.2, -0.15) is 0 Å². The monoisotopic (exact) mass is 202 g/mol. The van der Waals surface area contributed by atoms with Gasteiger partial charge in [0.05, 0.1) is 0 Å². The van der Waals surface area contributed by atoms with Crippen LogP contribution >= 0.6 is 0 Å². The van der Waals surface area contributed by atoms with Crippen LogP contribution in [0.4, 0.5) is 0 Å². The zero-order valence-electron chi connectivity index (χ0n) is 10.6. The molecule has 0 bridgehead atoms. The molecule has 0 spiro atoms. The van der Waals surface area contributed by atoms with Crippen molar-refractivity contribution in [1.82, 2.24) is 0 Å². The molecule has 0 aromatic heterocycles. The number of ketones is 2. The number of hydrogen-bond donors (Lipinski definition) is 0. The normalized spacial score (nSPS) is 7.57. The van der Waals surface area contributed by atoms with Crippen LogP contribution in [0.15, 0.2) is 0 Å². The van der Waals surface area contributed by atoms with Gasteiger partial charge >= 0.3 is 0 Å². The van der Waals surface area contributed by atoms with Crippen molar-refractivity contribution in [2.45, 2.75) is 67.2 Å². The van der Waals surface area contributed by atoms with Crippen molar-refractivity contribution < 1.29 is 9.59 Å². The van der Waals surface area contributed by atoms with Crippen molar-refractivity contribution in [2.24, 2.45) is 0 Å². The van der Waals surface area contributed by atoms with Crippen LogP contribution in [0.25, 0.3) is 0 Å². The predicted molar refractivity (Wildman–Crippen MR) is 62.5 cm³/mol. The molecule has 2 heteroatoms. The molecule has 86 valence electrons. The van der Waals surface area contributed by atoms with Crippen molar-refractivity contribution in [3.05, 3.63) is 0 Å². The Bertz CT molecular complexity index is 104. The lowest BCUT2D eigenvalue weighted by molar-refractivity contribution is -0.115. The van der Waals surface area contributed by atoms with Crippen LogP contribution in [0.2, 0.25) is 0 Å². The number of carbonyl (C=O) groups is 2. The van der Waals surface area contributed by atoms with Crippen LogP contribution in [0, 0.1) is 0 Å². The maximum absolute atomic E-state index is 9.44. The van der Waals surface area contributed by atoms with Crippen LogP contribution in [-0.4, -0.2) is 11.6 Å². The minimum Gasteiger partial charge on any atom is -0.300 e. The molecule has 14 heavy (non-hydrogen) atoms. The van der Waals surface area contributed by atoms with E-state index in [0.29, 0.717) is 0 Å². The summed E-state index contributed by atoms with van der Waals surface area (Å²) in [6, 6.07) is 0. The summed E-state index contributed by atoms with van der Waals surface area (Å²) < 4.78 is 0. The lowest BCUT2D eigenvalue weighted by Crippen LogP contribution is -1.69. The van der Waals surface area contributed by atoms with Gasteiger partial charge in [0.25, 0.3) is 0 Å². The van der Waals surface area contributed by atoms with Crippen LogP contribution in [0.1, 0.15) is 67.2 Å². The first kappa shape index (κ1) is 19.0. The molecule has 0 saturated carbocycles. The van der Waals surface area contributed by atoms with Gasteiger partial charge in [0.15, 0.2) is 0 Å². The molecule has 0 saturated heterocycles. The molecule has 0 heterocycles. The van der Waals surface area contributed by atoms with E-state index in [1.807, 2.05) is 0 Å². The second-order valence-corrected chi connectivity index (χ2v) is 3.52. The van der Waals surface area contributed by atoms with E-state index in [-0.39, 0.29) is 11.6 Å². The number of unbranched alkanes of at least 4 members (excludes halogenated alkanes) is 3. The Hall–Kier alpha value is -0.660. The van der Waals surface area contributed by atoms with Gasteiger partial charge in [-0.15, -0.1) is 0 Å². The predicted octanol–water partition coefficient (Wildman–Crippen LogP) is 3.78. The highest BCUT2D eigenvalue weighted by atomic mass is 16.1. The van der Waals surface area contributed by atoms with Gasteiger partial charge in [-0.25, -0.2) is 0 Å². The minimum atomic E-state index is 0.167. The zero-order valence-corrected chi connectivity index (χ0v) is 10.6. The fourth-order valence-corrected chi connectivity index (χ4v) is 0.500. The molecule has 0 unspecified atom stereocenters. The van der Waals surface area contributed by atoms with Gasteiger partial charge in [-0.3, -0.25) is 0 Å². The maximum atomic E-state index is 9.44. The highest BCUT2D eigenvalue weighted by Gasteiger charge is 1.75. The number of carbonyl (C=O) groups excluding carboxylic acids is 2. The molecule has 0 aliphatic carbocycles. The Morgan fingerprint density at radius 1 is 0.714 bits per heavy atom. The van der Waals surface area contributed by atoms with E-state index < -0.39 is 0 Å². The van der Waals surface area contributed by atoms with E-state index in [4.69, 9.17) is 0 Å². The molecule has 0 atom stereocenters. The van der Waals surface area contributed by atoms with Crippen molar-refractivity contribution >= 4 is 11.6 Å². The van der Waals surface area contributed by atoms with Crippen LogP contribution < -0.4 is 0 Å². The third-order valence-corrected chi connectivity index (χ3v) is 0.957. The summed E-state index contributed by atoms with van der Waals surface area (Å²) in [5, 5.41) is 0. The average Bonchev–Trinajstić information content (AvgIpc) is 1.98. The maximum Gasteiger partial charge on any atom is 0.126 e. The van der Waals surface area contributed by atoms with Crippen LogP contribution in [0.3, 0.4) is 0 Å². The van der Waals surface area contributed by atoms with Crippen LogP contribution in [-0.2, 0) is 9.59 Å². The summed E-state index contributed by atoms with van der Waals surface area (Å²) >= 11 is 0. The third kappa shape index (κ3) is 221. The lowest BCUT2D eigenvalue weighted by Gasteiger charge is -1.86. The first-order valence-electron chi connectivity index (χ1n) is 5.32. The minimum absolute atomic E-state index is 0.167. The van der Waals surface area contributed by atoms with Crippen molar-refractivity contribution in [3.63, 3.8) is 0 Å². The summed E-state index contributed by atoms with van der Waals surface area (Å²) in [5.41, 5.74) is 0. The van der Waals surface area contributed by atoms with Gasteiger partial charge in [0.2, 0.25) is 0 Å². The third-order valence-electron chi connectivity index (χ3n) is 0.957. The Balaban J connectivity index is -0.000000135. The van der Waals surface area contributed by atoms with E-state index in [1.165, 1.54) is 53.4 Å². The molecule has 0 amide bonds. The van der Waals surface area contributed by atoms with Crippen molar-refractivity contribution in [2.75, 3.05) is 0 Å². The molecule has 0 fully saturated rings. The van der Waals surface area contributed by atoms with E-state index in [9.17, 15) is 9.59 Å². The smallest absolute Gasteiger partial charge is 0.126 e. The fourth-order valence-electron chi connectivity index (χ4n) is 0.500. The first-order chi connectivity index (χ1) is 6.38. The highest BCUT2D eigenvalue weighted by Crippen LogP contribution is 1.95. The molecule has 0 aliphatic rings. The Kier molecular flexibility index (Phi) is 24.7. The number of rotatable bonds is 3. The summed E-state index contributed by atoms with van der Waals surface area (Å²) in [5.74, 6) is 0.333. The van der Waals surface area contributed by atoms with Gasteiger partial charge < -0.3 is 9.59 Å². The number of Topliss-reactive ketones (excluding diaryl/α,β-unsaturated/α-hetero) is 2. The lowest BCUT2D eigenvalue weighted by atomic mass is 10.2. The molecule has 0 aromatic carbocycles. The van der Waals surface area contributed by atoms with Gasteiger partial charge in [-0.05, 0) is 27.7 Å². The van der Waals surface area contributed by atoms with Crippen molar-refractivity contribution in [1.29, 1.82) is 0 Å².